The molecule has 0 saturated heterocycles. The number of benzene rings is 3. The summed E-state index contributed by atoms with van der Waals surface area (Å²) in [6, 6.07) is 20.4. The predicted octanol–water partition coefficient (Wildman–Crippen LogP) is 5.77. The number of rotatable bonds is 6. The summed E-state index contributed by atoms with van der Waals surface area (Å²) in [6.07, 6.45) is 4.42. The molecule has 6 rings (SSSR count). The van der Waals surface area contributed by atoms with Crippen LogP contribution in [-0.4, -0.2) is 52.6 Å². The van der Waals surface area contributed by atoms with Gasteiger partial charge in [-0.1, -0.05) is 18.2 Å². The number of hydrogen-bond acceptors (Lipinski definition) is 7. The Morgan fingerprint density at radius 2 is 1.84 bits per heavy atom. The van der Waals surface area contributed by atoms with E-state index in [-0.39, 0.29) is 23.6 Å². The van der Waals surface area contributed by atoms with E-state index >= 15 is 0 Å². The number of amides is 1. The Morgan fingerprint density at radius 1 is 1.05 bits per heavy atom. The van der Waals surface area contributed by atoms with Crippen LogP contribution >= 0.6 is 22.6 Å². The number of hydrogen-bond donors (Lipinski definition) is 3. The predicted molar refractivity (Wildman–Crippen MR) is 180 cm³/mol. The molecule has 0 radical (unpaired) electrons. The number of nitrogens with two attached hydrogens (primary N) is 1. The van der Waals surface area contributed by atoms with Gasteiger partial charge in [0.2, 0.25) is 17.8 Å². The quantitative estimate of drug-likeness (QED) is 0.133. The van der Waals surface area contributed by atoms with Gasteiger partial charge >= 0.3 is 0 Å². The van der Waals surface area contributed by atoms with Crippen molar-refractivity contribution >= 4 is 57.5 Å². The van der Waals surface area contributed by atoms with Crippen LogP contribution in [0.5, 0.6) is 0 Å². The third kappa shape index (κ3) is 6.48. The first-order chi connectivity index (χ1) is 21.2. The monoisotopic (exact) mass is 702 g/mol. The van der Waals surface area contributed by atoms with E-state index in [2.05, 4.69) is 48.1 Å². The molecule has 44 heavy (non-hydrogen) atoms. The molecule has 0 bridgehead atoms. The second-order valence-corrected chi connectivity index (χ2v) is 12.4. The maximum atomic E-state index is 14.8. The molecule has 2 unspecified atom stereocenters. The second-order valence-electron chi connectivity index (χ2n) is 11.2. The van der Waals surface area contributed by atoms with E-state index in [1.807, 2.05) is 50.5 Å². The number of aromatic nitrogens is 2. The summed E-state index contributed by atoms with van der Waals surface area (Å²) in [7, 11) is 4.08. The average Bonchev–Trinajstić information content (AvgIpc) is 3.46. The second kappa shape index (κ2) is 12.8. The van der Waals surface area contributed by atoms with Crippen LogP contribution in [0, 0.1) is 15.3 Å². The highest BCUT2D eigenvalue weighted by atomic mass is 127. The molecule has 224 valence electrons. The smallest absolute Gasteiger partial charge is 0.229 e. The number of fused-ring (bicyclic) bond motifs is 3. The minimum Gasteiger partial charge on any atom is -0.369 e. The standard InChI is InChI=1S/C33H32FIN8O/c1-43(2)24-13-7-19(15-24)31(44)42-32(36)39-22-9-11-23(12-10-22)40-33-38-18-20-17-37-30(26-5-3-4-6-28(26)34)27-16-21(35)8-14-25(27)29(20)41-33/h3-6,8-12,14,16,18-19,24H,7,13,15,17H2,1-2H3,(H,38,40,41)(H3,36,39,42,44). The fourth-order valence-electron chi connectivity index (χ4n) is 5.68. The van der Waals surface area contributed by atoms with Crippen LogP contribution < -0.4 is 16.4 Å². The first-order valence-corrected chi connectivity index (χ1v) is 15.5. The first-order valence-electron chi connectivity index (χ1n) is 14.4. The van der Waals surface area contributed by atoms with Gasteiger partial charge in [-0.15, -0.1) is 0 Å². The molecule has 2 heterocycles. The zero-order chi connectivity index (χ0) is 30.8. The van der Waals surface area contributed by atoms with Gasteiger partial charge in [0, 0.05) is 49.7 Å². The van der Waals surface area contributed by atoms with Crippen LogP contribution in [0.15, 0.2) is 82.9 Å². The molecule has 0 spiro atoms. The van der Waals surface area contributed by atoms with E-state index in [9.17, 15) is 9.18 Å². The summed E-state index contributed by atoms with van der Waals surface area (Å²) in [5, 5.41) is 6.01. The van der Waals surface area contributed by atoms with Crippen LogP contribution in [0.3, 0.4) is 0 Å². The Kier molecular flexibility index (Phi) is 8.67. The van der Waals surface area contributed by atoms with Gasteiger partial charge in [-0.25, -0.2) is 19.4 Å². The molecule has 3 aromatic carbocycles. The minimum absolute atomic E-state index is 0.0584. The number of anilines is 2. The maximum Gasteiger partial charge on any atom is 0.229 e. The van der Waals surface area contributed by atoms with E-state index in [1.165, 1.54) is 6.07 Å². The van der Waals surface area contributed by atoms with Crippen molar-refractivity contribution in [3.63, 3.8) is 0 Å². The van der Waals surface area contributed by atoms with Crippen molar-refractivity contribution < 1.29 is 9.18 Å². The van der Waals surface area contributed by atoms with E-state index in [0.717, 1.165) is 50.9 Å². The van der Waals surface area contributed by atoms with Crippen molar-refractivity contribution in [2.24, 2.45) is 21.6 Å². The number of carbonyl (C=O) groups is 1. The third-order valence-corrected chi connectivity index (χ3v) is 8.69. The summed E-state index contributed by atoms with van der Waals surface area (Å²) in [6.45, 7) is 0.326. The summed E-state index contributed by atoms with van der Waals surface area (Å²) in [5.74, 6) is 0.0229. The fraction of sp³-hybridized carbons (Fsp3) is 0.242. The van der Waals surface area contributed by atoms with E-state index in [1.54, 1.807) is 30.5 Å². The number of nitrogens with zero attached hydrogens (tertiary/aromatic N) is 5. The van der Waals surface area contributed by atoms with Gasteiger partial charge in [0.05, 0.1) is 23.6 Å². The normalized spacial score (nSPS) is 17.8. The summed E-state index contributed by atoms with van der Waals surface area (Å²) in [5.41, 5.74) is 11.7. The van der Waals surface area contributed by atoms with E-state index in [4.69, 9.17) is 15.7 Å². The molecular weight excluding hydrogens is 670 g/mol. The highest BCUT2D eigenvalue weighted by Crippen LogP contribution is 2.34. The molecule has 1 aromatic heterocycles. The molecule has 1 fully saturated rings. The molecular formula is C33H32FIN8O. The highest BCUT2D eigenvalue weighted by molar-refractivity contribution is 14.1. The average molecular weight is 703 g/mol. The topological polar surface area (TPSA) is 121 Å². The van der Waals surface area contributed by atoms with E-state index in [0.29, 0.717) is 35.5 Å². The Labute approximate surface area is 269 Å². The molecule has 9 nitrogen and oxygen atoms in total. The summed E-state index contributed by atoms with van der Waals surface area (Å²) in [4.78, 5) is 33.4. The van der Waals surface area contributed by atoms with E-state index < -0.39 is 0 Å². The fourth-order valence-corrected chi connectivity index (χ4v) is 6.17. The summed E-state index contributed by atoms with van der Waals surface area (Å²) >= 11 is 2.25. The highest BCUT2D eigenvalue weighted by Gasteiger charge is 2.31. The largest absolute Gasteiger partial charge is 0.369 e. The van der Waals surface area contributed by atoms with Crippen LogP contribution in [-0.2, 0) is 11.3 Å². The lowest BCUT2D eigenvalue weighted by molar-refractivity contribution is -0.123. The molecule has 4 N–H and O–H groups in total. The molecule has 2 aliphatic rings. The molecule has 4 aromatic rings. The van der Waals surface area contributed by atoms with Gasteiger partial charge in [-0.2, -0.15) is 0 Å². The van der Waals surface area contributed by atoms with Gasteiger partial charge in [-0.3, -0.25) is 15.1 Å². The Bertz CT molecular complexity index is 1770. The lowest BCUT2D eigenvalue weighted by Gasteiger charge is -2.18. The first kappa shape index (κ1) is 29.8. The number of halogens is 2. The number of guanidine groups is 1. The van der Waals surface area contributed by atoms with Crippen LogP contribution in [0.4, 0.5) is 21.7 Å². The zero-order valence-corrected chi connectivity index (χ0v) is 26.5. The van der Waals surface area contributed by atoms with Gasteiger partial charge in [0.15, 0.2) is 0 Å². The van der Waals surface area contributed by atoms with Crippen molar-refractivity contribution in [2.75, 3.05) is 19.4 Å². The van der Waals surface area contributed by atoms with Gasteiger partial charge < -0.3 is 16.0 Å². The van der Waals surface area contributed by atoms with Gasteiger partial charge in [-0.05, 0) is 104 Å². The SMILES string of the molecule is CN(C)C1CCC(C(=O)NC(N)=Nc2ccc(Nc3ncc4c(n3)-c3ccc(I)cc3C(c3ccccc3F)=NC4)cc2)C1. The molecule has 1 aliphatic carbocycles. The van der Waals surface area contributed by atoms with Crippen molar-refractivity contribution in [3.05, 3.63) is 99.0 Å². The molecule has 1 saturated carbocycles. The van der Waals surface area contributed by atoms with Gasteiger partial charge in [0.25, 0.3) is 0 Å². The van der Waals surface area contributed by atoms with Crippen LogP contribution in [0.2, 0.25) is 0 Å². The maximum absolute atomic E-state index is 14.8. The molecule has 11 heteroatoms. The lowest BCUT2D eigenvalue weighted by atomic mass is 9.95. The number of nitrogens with one attached hydrogen (secondary N) is 2. The Hall–Kier alpha value is -4.23. The summed E-state index contributed by atoms with van der Waals surface area (Å²) < 4.78 is 15.9. The minimum atomic E-state index is -0.320. The van der Waals surface area contributed by atoms with Crippen molar-refractivity contribution in [3.8, 4) is 11.3 Å². The third-order valence-electron chi connectivity index (χ3n) is 8.02. The van der Waals surface area contributed by atoms with Crippen molar-refractivity contribution in [1.29, 1.82) is 0 Å². The zero-order valence-electron chi connectivity index (χ0n) is 24.4. The van der Waals surface area contributed by atoms with Crippen LogP contribution in [0.25, 0.3) is 11.3 Å². The van der Waals surface area contributed by atoms with Gasteiger partial charge in [0.1, 0.15) is 5.82 Å². The molecule has 1 amide bonds. The lowest BCUT2D eigenvalue weighted by Crippen LogP contribution is -2.40. The van der Waals surface area contributed by atoms with Crippen molar-refractivity contribution in [1.82, 2.24) is 20.2 Å². The Balaban J connectivity index is 1.18. The van der Waals surface area contributed by atoms with Crippen LogP contribution in [0.1, 0.15) is 36.0 Å². The number of aliphatic imine (C=N–C) groups is 2. The molecule has 2 atom stereocenters. The molecule has 1 aliphatic heterocycles. The Morgan fingerprint density at radius 3 is 2.59 bits per heavy atom. The number of carbonyl (C=O) groups excluding carboxylic acids is 1. The van der Waals surface area contributed by atoms with Crippen molar-refractivity contribution in [2.45, 2.75) is 31.8 Å².